The van der Waals surface area contributed by atoms with Gasteiger partial charge < -0.3 is 24.3 Å². The van der Waals surface area contributed by atoms with E-state index in [-0.39, 0.29) is 24.8 Å². The van der Waals surface area contributed by atoms with Crippen molar-refractivity contribution in [2.24, 2.45) is 0 Å². The second kappa shape index (κ2) is 11.4. The van der Waals surface area contributed by atoms with Crippen LogP contribution < -0.4 is 19.7 Å². The van der Waals surface area contributed by atoms with Crippen molar-refractivity contribution in [3.8, 4) is 11.5 Å². The zero-order valence-corrected chi connectivity index (χ0v) is 21.8. The summed E-state index contributed by atoms with van der Waals surface area (Å²) in [6.45, 7) is 1.32. The number of carbonyl (C=O) groups is 2. The number of hydrogen-bond donors (Lipinski definition) is 1. The number of nitrogens with zero attached hydrogens (tertiary/aromatic N) is 3. The second-order valence-corrected chi connectivity index (χ2v) is 9.35. The van der Waals surface area contributed by atoms with E-state index in [9.17, 15) is 9.59 Å². The summed E-state index contributed by atoms with van der Waals surface area (Å²) in [6.07, 6.45) is 2.68. The van der Waals surface area contributed by atoms with Gasteiger partial charge in [0, 0.05) is 25.2 Å². The van der Waals surface area contributed by atoms with Gasteiger partial charge in [-0.25, -0.2) is 4.98 Å². The van der Waals surface area contributed by atoms with Crippen LogP contribution in [0.15, 0.2) is 66.7 Å². The lowest BCUT2D eigenvalue weighted by atomic mass is 10.0. The first-order chi connectivity index (χ1) is 18.6. The molecular weight excluding hydrogens is 480 g/mol. The zero-order valence-electron chi connectivity index (χ0n) is 21.8. The Morgan fingerprint density at radius 3 is 2.61 bits per heavy atom. The van der Waals surface area contributed by atoms with E-state index in [1.807, 2.05) is 64.1 Å². The van der Waals surface area contributed by atoms with E-state index in [1.54, 1.807) is 20.3 Å². The van der Waals surface area contributed by atoms with Crippen molar-refractivity contribution in [1.82, 2.24) is 14.9 Å². The first-order valence-electron chi connectivity index (χ1n) is 12.9. The van der Waals surface area contributed by atoms with Crippen molar-refractivity contribution in [1.29, 1.82) is 0 Å². The SMILES string of the molecule is COc1ccc(CC(=O)NCCc2nc3ccccc3n2CC(=O)N2CCCc3ccccc32)cc1OC. The number of aryl methyl sites for hydroxylation is 1. The summed E-state index contributed by atoms with van der Waals surface area (Å²) in [5, 5.41) is 2.99. The van der Waals surface area contributed by atoms with Gasteiger partial charge in [-0.2, -0.15) is 0 Å². The predicted octanol–water partition coefficient (Wildman–Crippen LogP) is 3.93. The average Bonchev–Trinajstić information content (AvgIpc) is 3.29. The fourth-order valence-electron chi connectivity index (χ4n) is 5.06. The Bertz CT molecular complexity index is 1460. The molecule has 0 unspecified atom stereocenters. The number of imidazole rings is 1. The largest absolute Gasteiger partial charge is 0.493 e. The summed E-state index contributed by atoms with van der Waals surface area (Å²) in [7, 11) is 3.15. The molecule has 0 radical (unpaired) electrons. The molecule has 1 aromatic heterocycles. The minimum absolute atomic E-state index is 0.0408. The zero-order chi connectivity index (χ0) is 26.5. The van der Waals surface area contributed by atoms with Crippen LogP contribution in [0.3, 0.4) is 0 Å². The molecule has 8 nitrogen and oxygen atoms in total. The second-order valence-electron chi connectivity index (χ2n) is 9.35. The Hall–Kier alpha value is -4.33. The van der Waals surface area contributed by atoms with E-state index in [4.69, 9.17) is 14.5 Å². The van der Waals surface area contributed by atoms with E-state index >= 15 is 0 Å². The average molecular weight is 513 g/mol. The van der Waals surface area contributed by atoms with E-state index in [2.05, 4.69) is 11.4 Å². The van der Waals surface area contributed by atoms with Gasteiger partial charge in [-0.05, 0) is 54.3 Å². The maximum Gasteiger partial charge on any atom is 0.246 e. The molecule has 1 aliphatic rings. The number of methoxy groups -OCH3 is 2. The minimum atomic E-state index is -0.0964. The van der Waals surface area contributed by atoms with Gasteiger partial charge in [0.1, 0.15) is 12.4 Å². The summed E-state index contributed by atoms with van der Waals surface area (Å²) in [5.74, 6) is 1.93. The lowest BCUT2D eigenvalue weighted by Gasteiger charge is -2.29. The van der Waals surface area contributed by atoms with Crippen LogP contribution >= 0.6 is 0 Å². The summed E-state index contributed by atoms with van der Waals surface area (Å²) >= 11 is 0. The van der Waals surface area contributed by atoms with Gasteiger partial charge in [-0.1, -0.05) is 36.4 Å². The highest BCUT2D eigenvalue weighted by atomic mass is 16.5. The number of aromatic nitrogens is 2. The lowest BCUT2D eigenvalue weighted by molar-refractivity contribution is -0.120. The number of para-hydroxylation sites is 3. The van der Waals surface area contributed by atoms with Crippen LogP contribution in [0.25, 0.3) is 11.0 Å². The maximum atomic E-state index is 13.5. The highest BCUT2D eigenvalue weighted by Gasteiger charge is 2.24. The number of amides is 2. The molecule has 0 bridgehead atoms. The van der Waals surface area contributed by atoms with Crippen LogP contribution in [-0.2, 0) is 35.4 Å². The van der Waals surface area contributed by atoms with Crippen molar-refractivity contribution >= 4 is 28.5 Å². The van der Waals surface area contributed by atoms with Gasteiger partial charge in [0.25, 0.3) is 0 Å². The smallest absolute Gasteiger partial charge is 0.246 e. The van der Waals surface area contributed by atoms with E-state index in [1.165, 1.54) is 5.56 Å². The van der Waals surface area contributed by atoms with Crippen molar-refractivity contribution < 1.29 is 19.1 Å². The number of carbonyl (C=O) groups excluding carboxylic acids is 2. The van der Waals surface area contributed by atoms with Crippen molar-refractivity contribution in [2.45, 2.75) is 32.2 Å². The van der Waals surface area contributed by atoms with Gasteiger partial charge in [-0.15, -0.1) is 0 Å². The number of ether oxygens (including phenoxy) is 2. The molecule has 0 aliphatic carbocycles. The first kappa shape index (κ1) is 25.3. The van der Waals surface area contributed by atoms with E-state index in [0.717, 1.165) is 41.0 Å². The third-order valence-electron chi connectivity index (χ3n) is 6.92. The molecule has 5 rings (SSSR count). The summed E-state index contributed by atoms with van der Waals surface area (Å²) < 4.78 is 12.6. The van der Waals surface area contributed by atoms with E-state index < -0.39 is 0 Å². The van der Waals surface area contributed by atoms with Crippen LogP contribution in [0, 0.1) is 0 Å². The molecule has 0 atom stereocenters. The molecule has 38 heavy (non-hydrogen) atoms. The molecule has 8 heteroatoms. The Balaban J connectivity index is 1.27. The third kappa shape index (κ3) is 5.34. The first-order valence-corrected chi connectivity index (χ1v) is 12.9. The Kier molecular flexibility index (Phi) is 7.58. The summed E-state index contributed by atoms with van der Waals surface area (Å²) in [5.41, 5.74) is 4.79. The number of anilines is 1. The molecular formula is C30H32N4O4. The molecule has 4 aromatic rings. The Morgan fingerprint density at radius 1 is 0.974 bits per heavy atom. The molecule has 2 heterocycles. The van der Waals surface area contributed by atoms with Gasteiger partial charge in [0.2, 0.25) is 11.8 Å². The van der Waals surface area contributed by atoms with Crippen molar-refractivity contribution in [3.05, 3.63) is 83.7 Å². The summed E-state index contributed by atoms with van der Waals surface area (Å²) in [6, 6.07) is 21.4. The lowest BCUT2D eigenvalue weighted by Crippen LogP contribution is -2.38. The van der Waals surface area contributed by atoms with Gasteiger partial charge in [-0.3, -0.25) is 9.59 Å². The molecule has 1 aliphatic heterocycles. The fourth-order valence-corrected chi connectivity index (χ4v) is 5.06. The standard InChI is InChI=1S/C30H32N4O4/c1-37-26-14-13-21(18-27(26)38-2)19-29(35)31-16-15-28-32-23-10-4-6-12-25(23)34(28)20-30(36)33-17-7-9-22-8-3-5-11-24(22)33/h3-6,8,10-14,18H,7,9,15-17,19-20H2,1-2H3,(H,31,35). The van der Waals surface area contributed by atoms with Gasteiger partial charge in [0.15, 0.2) is 11.5 Å². The minimum Gasteiger partial charge on any atom is -0.493 e. The number of nitrogens with one attached hydrogen (secondary N) is 1. The molecule has 0 saturated carbocycles. The molecule has 2 amide bonds. The van der Waals surface area contributed by atoms with Crippen molar-refractivity contribution in [3.63, 3.8) is 0 Å². The number of rotatable bonds is 9. The molecule has 0 saturated heterocycles. The van der Waals surface area contributed by atoms with Gasteiger partial charge >= 0.3 is 0 Å². The fraction of sp³-hybridized carbons (Fsp3) is 0.300. The number of hydrogen-bond acceptors (Lipinski definition) is 5. The monoisotopic (exact) mass is 512 g/mol. The third-order valence-corrected chi connectivity index (χ3v) is 6.92. The normalized spacial score (nSPS) is 12.7. The van der Waals surface area contributed by atoms with Gasteiger partial charge in [0.05, 0.1) is 31.7 Å². The molecule has 0 fully saturated rings. The maximum absolute atomic E-state index is 13.5. The molecule has 0 spiro atoms. The topological polar surface area (TPSA) is 85.7 Å². The quantitative estimate of drug-likeness (QED) is 0.367. The van der Waals surface area contributed by atoms with Crippen molar-refractivity contribution in [2.75, 3.05) is 32.2 Å². The molecule has 3 aromatic carbocycles. The number of fused-ring (bicyclic) bond motifs is 2. The predicted molar refractivity (Wildman–Crippen MR) is 147 cm³/mol. The van der Waals surface area contributed by atoms with E-state index in [0.29, 0.717) is 31.0 Å². The Morgan fingerprint density at radius 2 is 1.76 bits per heavy atom. The van der Waals surface area contributed by atoms with Crippen LogP contribution in [0.1, 0.15) is 23.4 Å². The Labute approximate surface area is 222 Å². The van der Waals surface area contributed by atoms with Crippen LogP contribution in [0.4, 0.5) is 5.69 Å². The highest BCUT2D eigenvalue weighted by molar-refractivity contribution is 5.95. The summed E-state index contributed by atoms with van der Waals surface area (Å²) in [4.78, 5) is 32.8. The van der Waals surface area contributed by atoms with Crippen LogP contribution in [-0.4, -0.2) is 48.7 Å². The number of benzene rings is 3. The molecule has 1 N–H and O–H groups in total. The van der Waals surface area contributed by atoms with Crippen LogP contribution in [0.2, 0.25) is 0 Å². The van der Waals surface area contributed by atoms with Crippen LogP contribution in [0.5, 0.6) is 11.5 Å². The molecule has 196 valence electrons. The highest BCUT2D eigenvalue weighted by Crippen LogP contribution is 2.28.